The summed E-state index contributed by atoms with van der Waals surface area (Å²) < 4.78 is 0. The molecule has 0 saturated carbocycles. The lowest BCUT2D eigenvalue weighted by molar-refractivity contribution is 0.198. The first-order valence-corrected chi connectivity index (χ1v) is 7.76. The highest BCUT2D eigenvalue weighted by Gasteiger charge is 2.18. The summed E-state index contributed by atoms with van der Waals surface area (Å²) in [5.74, 6) is 2.69. The molecule has 0 radical (unpaired) electrons. The van der Waals surface area contributed by atoms with Crippen molar-refractivity contribution in [3.05, 3.63) is 11.9 Å². The van der Waals surface area contributed by atoms with E-state index in [0.717, 1.165) is 30.5 Å². The topological polar surface area (TPSA) is 53.1 Å². The van der Waals surface area contributed by atoms with Crippen molar-refractivity contribution in [1.82, 2.24) is 14.9 Å². The van der Waals surface area contributed by atoms with Crippen LogP contribution in [0, 0.1) is 5.92 Å². The molecule has 0 atom stereocenters. The number of rotatable bonds is 6. The fourth-order valence-corrected chi connectivity index (χ4v) is 2.86. The maximum absolute atomic E-state index is 4.40. The standard InChI is InChI=1S/C15H27N5/c1-4-13-14(16-3)18-11-19-15(13)17-10-12-6-8-20(5-2)9-7-12/h11-12H,4-10H2,1-3H3,(H2,16,17,18,19). The SMILES string of the molecule is CCc1c(NC)ncnc1NCC1CCN(CC)CC1. The van der Waals surface area contributed by atoms with Gasteiger partial charge in [-0.15, -0.1) is 0 Å². The lowest BCUT2D eigenvalue weighted by Gasteiger charge is -2.31. The van der Waals surface area contributed by atoms with Crippen molar-refractivity contribution in [3.63, 3.8) is 0 Å². The average Bonchev–Trinajstić information content (AvgIpc) is 2.52. The fourth-order valence-electron chi connectivity index (χ4n) is 2.86. The van der Waals surface area contributed by atoms with E-state index in [9.17, 15) is 0 Å². The Bertz CT molecular complexity index is 413. The van der Waals surface area contributed by atoms with E-state index in [1.165, 1.54) is 38.0 Å². The first-order chi connectivity index (χ1) is 9.78. The van der Waals surface area contributed by atoms with Crippen LogP contribution in [-0.2, 0) is 6.42 Å². The summed E-state index contributed by atoms with van der Waals surface area (Å²) in [7, 11) is 1.91. The van der Waals surface area contributed by atoms with Crippen LogP contribution in [0.2, 0.25) is 0 Å². The molecule has 0 aliphatic carbocycles. The summed E-state index contributed by atoms with van der Waals surface area (Å²) in [6.07, 6.45) is 5.14. The first-order valence-electron chi connectivity index (χ1n) is 7.76. The van der Waals surface area contributed by atoms with Crippen molar-refractivity contribution < 1.29 is 0 Å². The molecule has 1 saturated heterocycles. The van der Waals surface area contributed by atoms with Crippen LogP contribution in [0.15, 0.2) is 6.33 Å². The van der Waals surface area contributed by atoms with Gasteiger partial charge in [-0.05, 0) is 44.8 Å². The van der Waals surface area contributed by atoms with Crippen LogP contribution in [0.5, 0.6) is 0 Å². The van der Waals surface area contributed by atoms with Gasteiger partial charge >= 0.3 is 0 Å². The van der Waals surface area contributed by atoms with Gasteiger partial charge in [0.25, 0.3) is 0 Å². The minimum atomic E-state index is 0.760. The number of hydrogen-bond acceptors (Lipinski definition) is 5. The largest absolute Gasteiger partial charge is 0.373 e. The maximum atomic E-state index is 4.40. The lowest BCUT2D eigenvalue weighted by Crippen LogP contribution is -2.35. The number of nitrogens with zero attached hydrogens (tertiary/aromatic N) is 3. The lowest BCUT2D eigenvalue weighted by atomic mass is 9.97. The van der Waals surface area contributed by atoms with Gasteiger partial charge in [0.05, 0.1) is 0 Å². The van der Waals surface area contributed by atoms with Crippen molar-refractivity contribution >= 4 is 11.6 Å². The Morgan fingerprint density at radius 1 is 1.20 bits per heavy atom. The molecule has 1 aliphatic rings. The molecule has 20 heavy (non-hydrogen) atoms. The molecule has 0 bridgehead atoms. The number of hydrogen-bond donors (Lipinski definition) is 2. The Balaban J connectivity index is 1.91. The molecule has 2 heterocycles. The Labute approximate surface area is 122 Å². The second kappa shape index (κ2) is 7.43. The molecule has 0 unspecified atom stereocenters. The molecule has 0 aromatic carbocycles. The van der Waals surface area contributed by atoms with E-state index in [4.69, 9.17) is 0 Å². The number of anilines is 2. The van der Waals surface area contributed by atoms with Crippen LogP contribution in [0.4, 0.5) is 11.6 Å². The highest BCUT2D eigenvalue weighted by Crippen LogP contribution is 2.22. The quantitative estimate of drug-likeness (QED) is 0.835. The van der Waals surface area contributed by atoms with Gasteiger partial charge in [0.15, 0.2) is 0 Å². The Hall–Kier alpha value is -1.36. The van der Waals surface area contributed by atoms with Crippen LogP contribution < -0.4 is 10.6 Å². The van der Waals surface area contributed by atoms with Gasteiger partial charge in [-0.3, -0.25) is 0 Å². The van der Waals surface area contributed by atoms with Crippen molar-refractivity contribution in [2.24, 2.45) is 5.92 Å². The highest BCUT2D eigenvalue weighted by atomic mass is 15.1. The van der Waals surface area contributed by atoms with Gasteiger partial charge in [0, 0.05) is 19.2 Å². The third-order valence-corrected chi connectivity index (χ3v) is 4.25. The summed E-state index contributed by atoms with van der Waals surface area (Å²) in [4.78, 5) is 11.2. The molecule has 5 heteroatoms. The maximum Gasteiger partial charge on any atom is 0.134 e. The van der Waals surface area contributed by atoms with Gasteiger partial charge in [-0.2, -0.15) is 0 Å². The van der Waals surface area contributed by atoms with Crippen LogP contribution in [0.25, 0.3) is 0 Å². The number of piperidine rings is 1. The third-order valence-electron chi connectivity index (χ3n) is 4.25. The smallest absolute Gasteiger partial charge is 0.134 e. The van der Waals surface area contributed by atoms with Gasteiger partial charge in [-0.1, -0.05) is 13.8 Å². The molecule has 0 amide bonds. The van der Waals surface area contributed by atoms with Crippen LogP contribution in [0.1, 0.15) is 32.3 Å². The monoisotopic (exact) mass is 277 g/mol. The molecule has 1 aromatic heterocycles. The molecule has 2 rings (SSSR count). The van der Waals surface area contributed by atoms with Crippen LogP contribution in [-0.4, -0.2) is 48.1 Å². The summed E-state index contributed by atoms with van der Waals surface area (Å²) >= 11 is 0. The van der Waals surface area contributed by atoms with E-state index >= 15 is 0 Å². The van der Waals surface area contributed by atoms with Gasteiger partial charge in [0.1, 0.15) is 18.0 Å². The number of likely N-dealkylation sites (tertiary alicyclic amines) is 1. The van der Waals surface area contributed by atoms with E-state index in [1.807, 2.05) is 7.05 Å². The molecular weight excluding hydrogens is 250 g/mol. The predicted molar refractivity (Wildman–Crippen MR) is 84.3 cm³/mol. The number of aromatic nitrogens is 2. The molecular formula is C15H27N5. The van der Waals surface area contributed by atoms with Crippen LogP contribution >= 0.6 is 0 Å². The summed E-state index contributed by atoms with van der Waals surface area (Å²) in [5, 5.41) is 6.67. The van der Waals surface area contributed by atoms with Crippen molar-refractivity contribution in [2.45, 2.75) is 33.1 Å². The van der Waals surface area contributed by atoms with Gasteiger partial charge in [-0.25, -0.2) is 9.97 Å². The van der Waals surface area contributed by atoms with Gasteiger partial charge < -0.3 is 15.5 Å². The van der Waals surface area contributed by atoms with Crippen molar-refractivity contribution in [2.75, 3.05) is 43.9 Å². The molecule has 5 nitrogen and oxygen atoms in total. The highest BCUT2D eigenvalue weighted by molar-refractivity contribution is 5.57. The Morgan fingerprint density at radius 3 is 2.50 bits per heavy atom. The number of nitrogens with one attached hydrogen (secondary N) is 2. The van der Waals surface area contributed by atoms with E-state index in [-0.39, 0.29) is 0 Å². The van der Waals surface area contributed by atoms with E-state index in [1.54, 1.807) is 6.33 Å². The normalized spacial score (nSPS) is 17.1. The molecule has 1 fully saturated rings. The molecule has 1 aromatic rings. The zero-order valence-electron chi connectivity index (χ0n) is 12.9. The second-order valence-electron chi connectivity index (χ2n) is 5.41. The fraction of sp³-hybridized carbons (Fsp3) is 0.733. The van der Waals surface area contributed by atoms with E-state index in [0.29, 0.717) is 0 Å². The minimum absolute atomic E-state index is 0.760. The molecule has 112 valence electrons. The van der Waals surface area contributed by atoms with Gasteiger partial charge in [0.2, 0.25) is 0 Å². The zero-order chi connectivity index (χ0) is 14.4. The Kier molecular flexibility index (Phi) is 5.59. The summed E-state index contributed by atoms with van der Waals surface area (Å²) in [6, 6.07) is 0. The third kappa shape index (κ3) is 3.60. The van der Waals surface area contributed by atoms with E-state index in [2.05, 4.69) is 39.3 Å². The summed E-state index contributed by atoms with van der Waals surface area (Å²) in [6.45, 7) is 9.04. The molecule has 2 N–H and O–H groups in total. The van der Waals surface area contributed by atoms with Crippen LogP contribution in [0.3, 0.4) is 0 Å². The second-order valence-corrected chi connectivity index (χ2v) is 5.41. The minimum Gasteiger partial charge on any atom is -0.373 e. The zero-order valence-corrected chi connectivity index (χ0v) is 12.9. The average molecular weight is 277 g/mol. The first kappa shape index (κ1) is 15.0. The molecule has 1 aliphatic heterocycles. The van der Waals surface area contributed by atoms with Crippen molar-refractivity contribution in [3.8, 4) is 0 Å². The summed E-state index contributed by atoms with van der Waals surface area (Å²) in [5.41, 5.74) is 1.18. The molecule has 0 spiro atoms. The Morgan fingerprint density at radius 2 is 1.90 bits per heavy atom. The predicted octanol–water partition coefficient (Wildman–Crippen LogP) is 2.22. The van der Waals surface area contributed by atoms with E-state index < -0.39 is 0 Å². The van der Waals surface area contributed by atoms with Crippen molar-refractivity contribution in [1.29, 1.82) is 0 Å².